The Morgan fingerprint density at radius 2 is 1.08 bits per heavy atom. The van der Waals surface area contributed by atoms with Crippen LogP contribution < -0.4 is 27.9 Å². The predicted octanol–water partition coefficient (Wildman–Crippen LogP) is 4.89. The van der Waals surface area contributed by atoms with Crippen LogP contribution in [-0.2, 0) is 16.0 Å². The molecule has 73 heavy (non-hydrogen) atoms. The van der Waals surface area contributed by atoms with Crippen LogP contribution in [-0.4, -0.2) is 90.3 Å². The van der Waals surface area contributed by atoms with E-state index in [0.29, 0.717) is 77.8 Å². The molecule has 4 heterocycles. The Morgan fingerprint density at radius 1 is 0.603 bits per heavy atom. The number of aliphatic carboxylic acids is 2. The average molecular weight is 971 g/mol. The van der Waals surface area contributed by atoms with Crippen LogP contribution in [0, 0.1) is 23.7 Å². The third-order valence-electron chi connectivity index (χ3n) is 11.6. The van der Waals surface area contributed by atoms with Gasteiger partial charge >= 0.3 is 11.9 Å². The highest BCUT2D eigenvalue weighted by Crippen LogP contribution is 2.27. The predicted molar refractivity (Wildman–Crippen MR) is 270 cm³/mol. The van der Waals surface area contributed by atoms with Gasteiger partial charge in [-0.2, -0.15) is 0 Å². The first-order valence-electron chi connectivity index (χ1n) is 22.3. The Labute approximate surface area is 416 Å². The highest BCUT2D eigenvalue weighted by atomic mass is 16.4. The van der Waals surface area contributed by atoms with E-state index in [1.807, 2.05) is 24.3 Å². The number of likely N-dealkylation sites (N-methyl/N-ethyl adjacent to an activating group) is 1. The molecule has 1 atom stereocenters. The van der Waals surface area contributed by atoms with Crippen LogP contribution in [0.4, 0.5) is 0 Å². The van der Waals surface area contributed by atoms with Gasteiger partial charge in [0.25, 0.3) is 23.6 Å². The molecule has 360 valence electrons. The number of hydrogen-bond acceptors (Lipinski definition) is 12. The molecular weight excluding hydrogens is 929 g/mol. The van der Waals surface area contributed by atoms with Crippen molar-refractivity contribution in [1.29, 1.82) is 0 Å². The van der Waals surface area contributed by atoms with Crippen LogP contribution in [0.25, 0.3) is 44.3 Å². The van der Waals surface area contributed by atoms with Crippen molar-refractivity contribution in [2.75, 3.05) is 13.6 Å². The van der Waals surface area contributed by atoms with Crippen LogP contribution in [0.15, 0.2) is 140 Å². The standard InChI is InChI=1S/C55H42N10O8/c1-65(54(71)39-20-12-35(13-21-39)5-3-33-6-14-36(15-7-33)46-28-41(52(69)63-56)43-30-58-24-22-45(43)61-46)49(55(72)73)27-40-26-48-44(31-60-40)42(53(70)64-57)29-47(62-48)37-16-8-32(9-17-37)2-4-34-10-18-38(19-11-34)51(68)59-25-23-50(66)67/h6-22,24,26,28-31,49H,23,25,27,56-57H2,1H3,(H,59,68)(H,63,69)(H,64,70)(H,66,67)(H,72,73). The van der Waals surface area contributed by atoms with Crippen LogP contribution in [0.1, 0.15) is 75.8 Å². The highest BCUT2D eigenvalue weighted by molar-refractivity contribution is 6.08. The fourth-order valence-electron chi connectivity index (χ4n) is 7.63. The van der Waals surface area contributed by atoms with E-state index in [4.69, 9.17) is 21.8 Å². The molecule has 0 aliphatic heterocycles. The number of nitrogens with one attached hydrogen (secondary N) is 3. The normalized spacial score (nSPS) is 11.0. The summed E-state index contributed by atoms with van der Waals surface area (Å²) < 4.78 is 0. The summed E-state index contributed by atoms with van der Waals surface area (Å²) in [5.41, 5.74) is 11.7. The maximum atomic E-state index is 13.7. The average Bonchev–Trinajstić information content (AvgIpc) is 3.42. The summed E-state index contributed by atoms with van der Waals surface area (Å²) in [5.74, 6) is 19.0. The highest BCUT2D eigenvalue weighted by Gasteiger charge is 2.29. The van der Waals surface area contributed by atoms with E-state index in [1.165, 1.54) is 13.2 Å². The summed E-state index contributed by atoms with van der Waals surface area (Å²) in [4.78, 5) is 94.1. The van der Waals surface area contributed by atoms with Crippen molar-refractivity contribution in [3.8, 4) is 46.2 Å². The maximum Gasteiger partial charge on any atom is 0.326 e. The Morgan fingerprint density at radius 3 is 1.58 bits per heavy atom. The van der Waals surface area contributed by atoms with Crippen LogP contribution in [0.5, 0.6) is 0 Å². The first-order chi connectivity index (χ1) is 35.3. The number of hydrazine groups is 2. The van der Waals surface area contributed by atoms with Gasteiger partial charge in [-0.25, -0.2) is 26.4 Å². The molecule has 8 rings (SSSR count). The molecule has 4 aromatic carbocycles. The van der Waals surface area contributed by atoms with E-state index in [1.54, 1.807) is 109 Å². The largest absolute Gasteiger partial charge is 0.481 e. The number of carboxylic acid groups (broad SMARTS) is 2. The van der Waals surface area contributed by atoms with Crippen molar-refractivity contribution in [2.45, 2.75) is 18.9 Å². The second-order valence-corrected chi connectivity index (χ2v) is 16.3. The molecule has 0 fully saturated rings. The molecule has 18 nitrogen and oxygen atoms in total. The first-order valence-corrected chi connectivity index (χ1v) is 22.3. The number of aromatic nitrogens is 4. The Bertz CT molecular complexity index is 3600. The summed E-state index contributed by atoms with van der Waals surface area (Å²) >= 11 is 0. The van der Waals surface area contributed by atoms with E-state index in [2.05, 4.69) is 54.8 Å². The van der Waals surface area contributed by atoms with Gasteiger partial charge in [0.2, 0.25) is 0 Å². The summed E-state index contributed by atoms with van der Waals surface area (Å²) in [6.45, 7) is 0.0160. The van der Waals surface area contributed by atoms with Gasteiger partial charge in [-0.15, -0.1) is 0 Å². The number of carbonyl (C=O) groups excluding carboxylic acids is 4. The van der Waals surface area contributed by atoms with Gasteiger partial charge in [-0.3, -0.25) is 44.8 Å². The number of pyridine rings is 4. The smallest absolute Gasteiger partial charge is 0.326 e. The monoisotopic (exact) mass is 970 g/mol. The van der Waals surface area contributed by atoms with Crippen LogP contribution >= 0.6 is 0 Å². The van der Waals surface area contributed by atoms with Gasteiger partial charge in [0, 0.05) is 99.6 Å². The number of fused-ring (bicyclic) bond motifs is 2. The fourth-order valence-corrected chi connectivity index (χ4v) is 7.63. The first kappa shape index (κ1) is 49.3. The van der Waals surface area contributed by atoms with Gasteiger partial charge in [0.05, 0.1) is 40.0 Å². The fraction of sp³-hybridized carbons (Fsp3) is 0.0909. The molecule has 4 amide bonds. The summed E-state index contributed by atoms with van der Waals surface area (Å²) in [7, 11) is 1.40. The minimum atomic E-state index is -1.33. The van der Waals surface area contributed by atoms with Crippen molar-refractivity contribution in [3.05, 3.63) is 190 Å². The zero-order valence-corrected chi connectivity index (χ0v) is 38.7. The lowest BCUT2D eigenvalue weighted by Crippen LogP contribution is -2.44. The number of rotatable bonds is 13. The number of carbonyl (C=O) groups is 6. The lowest BCUT2D eigenvalue weighted by molar-refractivity contribution is -0.142. The van der Waals surface area contributed by atoms with Crippen molar-refractivity contribution in [1.82, 2.24) is 41.0 Å². The minimum Gasteiger partial charge on any atom is -0.481 e. The van der Waals surface area contributed by atoms with E-state index < -0.39 is 35.7 Å². The Kier molecular flexibility index (Phi) is 14.9. The maximum absolute atomic E-state index is 13.7. The molecule has 0 radical (unpaired) electrons. The van der Waals surface area contributed by atoms with E-state index in [9.17, 15) is 33.9 Å². The number of carboxylic acids is 2. The van der Waals surface area contributed by atoms with Crippen molar-refractivity contribution in [3.63, 3.8) is 0 Å². The van der Waals surface area contributed by atoms with Gasteiger partial charge in [-0.05, 0) is 97.1 Å². The Balaban J connectivity index is 0.941. The second-order valence-electron chi connectivity index (χ2n) is 16.3. The third-order valence-corrected chi connectivity index (χ3v) is 11.6. The van der Waals surface area contributed by atoms with Crippen LogP contribution in [0.3, 0.4) is 0 Å². The molecule has 4 aromatic heterocycles. The summed E-state index contributed by atoms with van der Waals surface area (Å²) in [6, 6.07) is 32.6. The van der Waals surface area contributed by atoms with E-state index in [0.717, 1.165) is 10.5 Å². The minimum absolute atomic E-state index is 0.0160. The molecule has 0 bridgehead atoms. The molecule has 0 aliphatic rings. The van der Waals surface area contributed by atoms with E-state index >= 15 is 0 Å². The van der Waals surface area contributed by atoms with Gasteiger partial charge in [0.15, 0.2) is 0 Å². The van der Waals surface area contributed by atoms with Crippen molar-refractivity contribution in [2.24, 2.45) is 11.7 Å². The lowest BCUT2D eigenvalue weighted by Gasteiger charge is -2.25. The lowest BCUT2D eigenvalue weighted by atomic mass is 10.0. The molecule has 9 N–H and O–H groups in total. The number of hydrogen-bond donors (Lipinski definition) is 7. The molecule has 0 spiro atoms. The summed E-state index contributed by atoms with van der Waals surface area (Å²) in [5, 5.41) is 22.6. The van der Waals surface area contributed by atoms with E-state index in [-0.39, 0.29) is 36.4 Å². The number of benzene rings is 4. The molecule has 0 saturated carbocycles. The zero-order valence-electron chi connectivity index (χ0n) is 38.7. The quantitative estimate of drug-likeness (QED) is 0.0351. The summed E-state index contributed by atoms with van der Waals surface area (Å²) in [6.07, 6.45) is 4.20. The molecular formula is C55H42N10O8. The molecule has 18 heteroatoms. The molecule has 1 unspecified atom stereocenters. The third kappa shape index (κ3) is 11.7. The number of nitrogen functional groups attached to an aromatic ring is 2. The Hall–Kier alpha value is -10.1. The van der Waals surface area contributed by atoms with Crippen molar-refractivity contribution >= 4 is 57.4 Å². The molecule has 0 saturated heterocycles. The van der Waals surface area contributed by atoms with Gasteiger partial charge < -0.3 is 20.4 Å². The van der Waals surface area contributed by atoms with Gasteiger partial charge in [-0.1, -0.05) is 47.9 Å². The van der Waals surface area contributed by atoms with Crippen LogP contribution in [0.2, 0.25) is 0 Å². The number of amides is 4. The number of nitrogens with two attached hydrogens (primary N) is 2. The van der Waals surface area contributed by atoms with Gasteiger partial charge in [0.1, 0.15) is 6.04 Å². The molecule has 0 aliphatic carbocycles. The zero-order chi connectivity index (χ0) is 51.6. The van der Waals surface area contributed by atoms with Crippen molar-refractivity contribution < 1.29 is 39.0 Å². The SMILES string of the molecule is CN(C(=O)c1ccc(C#Cc2ccc(-c3cc(C(=O)NN)c4cnccc4n3)cc2)cc1)C(Cc1cc2nc(-c3ccc(C#Cc4ccc(C(=O)NCCC(=O)O)cc4)cc3)cc(C(=O)NN)c2cn1)C(=O)O. The number of nitrogens with zero attached hydrogens (tertiary/aromatic N) is 5. The molecule has 8 aromatic rings. The topological polar surface area (TPSA) is 286 Å². The second kappa shape index (κ2) is 22.1.